The quantitative estimate of drug-likeness (QED) is 0.494. The summed E-state index contributed by atoms with van der Waals surface area (Å²) in [7, 11) is 0. The summed E-state index contributed by atoms with van der Waals surface area (Å²) in [5.41, 5.74) is 12.4. The Morgan fingerprint density at radius 1 is 1.32 bits per heavy atom. The second-order valence-corrected chi connectivity index (χ2v) is 6.63. The van der Waals surface area contributed by atoms with Crippen LogP contribution in [0.15, 0.2) is 29.4 Å². The molecule has 2 aromatic rings. The Balaban J connectivity index is 2.15. The average Bonchev–Trinajstić information content (AvgIpc) is 2.56. The van der Waals surface area contributed by atoms with Crippen LogP contribution in [0.4, 0.5) is 17.3 Å². The molecule has 0 saturated carbocycles. The second-order valence-electron chi connectivity index (χ2n) is 6.63. The van der Waals surface area contributed by atoms with E-state index < -0.39 is 5.60 Å². The smallest absolute Gasteiger partial charge is 0.149 e. The number of aromatic nitrogens is 1. The summed E-state index contributed by atoms with van der Waals surface area (Å²) in [6.45, 7) is 6.21. The molecule has 0 atom stereocenters. The lowest BCUT2D eigenvalue weighted by Crippen LogP contribution is -2.32. The van der Waals surface area contributed by atoms with Gasteiger partial charge in [0, 0.05) is 22.6 Å². The number of hydrogen-bond acceptors (Lipinski definition) is 5. The third kappa shape index (κ3) is 3.41. The first-order valence-electron chi connectivity index (χ1n) is 7.92. The highest BCUT2D eigenvalue weighted by Gasteiger charge is 2.31. The first-order chi connectivity index (χ1) is 11.9. The molecule has 0 amide bonds. The molecule has 25 heavy (non-hydrogen) atoms. The van der Waals surface area contributed by atoms with Crippen molar-refractivity contribution in [3.8, 4) is 6.07 Å². The third-order valence-electron chi connectivity index (χ3n) is 4.17. The van der Waals surface area contributed by atoms with Crippen molar-refractivity contribution in [1.82, 2.24) is 4.98 Å². The molecule has 7 heteroatoms. The number of nitrogens with zero attached hydrogens (tertiary/aromatic N) is 5. The highest BCUT2D eigenvalue weighted by Crippen LogP contribution is 2.38. The average molecular weight is 334 g/mol. The molecule has 2 heterocycles. The van der Waals surface area contributed by atoms with Crippen molar-refractivity contribution in [1.29, 1.82) is 5.26 Å². The molecule has 0 fully saturated rings. The predicted octanol–water partition coefficient (Wildman–Crippen LogP) is 4.80. The molecule has 1 aliphatic heterocycles. The van der Waals surface area contributed by atoms with Gasteiger partial charge in [0.05, 0.1) is 17.8 Å². The molecule has 0 saturated heterocycles. The highest BCUT2D eigenvalue weighted by molar-refractivity contribution is 5.69. The van der Waals surface area contributed by atoms with Crippen molar-refractivity contribution in [2.24, 2.45) is 5.11 Å². The Morgan fingerprint density at radius 3 is 2.68 bits per heavy atom. The topological polar surface area (TPSA) is 107 Å². The van der Waals surface area contributed by atoms with Gasteiger partial charge in [0.15, 0.2) is 0 Å². The van der Waals surface area contributed by atoms with Crippen LogP contribution in [-0.2, 0) is 17.8 Å². The van der Waals surface area contributed by atoms with Crippen molar-refractivity contribution in [3.05, 3.63) is 57.0 Å². The van der Waals surface area contributed by atoms with Gasteiger partial charge in [-0.25, -0.2) is 4.98 Å². The van der Waals surface area contributed by atoms with E-state index in [1.807, 2.05) is 45.0 Å². The van der Waals surface area contributed by atoms with E-state index in [9.17, 15) is 5.26 Å². The Bertz CT molecular complexity index is 905. The number of hydrogen-bond donors (Lipinski definition) is 1. The van der Waals surface area contributed by atoms with Gasteiger partial charge in [-0.3, -0.25) is 0 Å². The lowest BCUT2D eigenvalue weighted by atomic mass is 9.89. The number of azide groups is 1. The van der Waals surface area contributed by atoms with Crippen LogP contribution in [0.2, 0.25) is 0 Å². The second kappa shape index (κ2) is 6.44. The fourth-order valence-electron chi connectivity index (χ4n) is 2.86. The van der Waals surface area contributed by atoms with Crippen molar-refractivity contribution in [3.63, 3.8) is 0 Å². The van der Waals surface area contributed by atoms with Crippen molar-refractivity contribution >= 4 is 17.3 Å². The molecule has 0 bridgehead atoms. The SMILES string of the molecule is Cc1ccc(Nc2nc(N=[N+]=[N-])c3c(c2C#N)CC(C)(C)OC3)cc1. The summed E-state index contributed by atoms with van der Waals surface area (Å²) in [5, 5.41) is 16.6. The Labute approximate surface area is 145 Å². The minimum atomic E-state index is -0.394. The normalized spacial score (nSPS) is 14.8. The Morgan fingerprint density at radius 2 is 2.04 bits per heavy atom. The summed E-state index contributed by atoms with van der Waals surface area (Å²) >= 11 is 0. The zero-order chi connectivity index (χ0) is 18.0. The van der Waals surface area contributed by atoms with Crippen molar-refractivity contribution in [2.75, 3.05) is 5.32 Å². The van der Waals surface area contributed by atoms with Crippen LogP contribution in [0.5, 0.6) is 0 Å². The van der Waals surface area contributed by atoms with Crippen LogP contribution in [0.25, 0.3) is 10.4 Å². The summed E-state index contributed by atoms with van der Waals surface area (Å²) in [6, 6.07) is 10.0. The molecule has 1 aromatic heterocycles. The molecule has 7 nitrogen and oxygen atoms in total. The highest BCUT2D eigenvalue weighted by atomic mass is 16.5. The number of ether oxygens (including phenoxy) is 1. The van der Waals surface area contributed by atoms with E-state index in [-0.39, 0.29) is 12.4 Å². The monoisotopic (exact) mass is 334 g/mol. The number of nitriles is 1. The minimum Gasteiger partial charge on any atom is -0.370 e. The number of anilines is 2. The Hall–Kier alpha value is -3.07. The summed E-state index contributed by atoms with van der Waals surface area (Å²) < 4.78 is 5.80. The standard InChI is InChI=1S/C18H18N6O/c1-11-4-6-12(7-5-11)21-16-14(9-19)13-8-18(2,3)25-10-15(13)17(22-16)23-24-20/h4-7H,8,10H2,1-3H3,(H,21,22). The van der Waals surface area contributed by atoms with E-state index in [1.165, 1.54) is 0 Å². The van der Waals surface area contributed by atoms with Gasteiger partial charge in [0.25, 0.3) is 0 Å². The zero-order valence-corrected chi connectivity index (χ0v) is 14.4. The molecular formula is C18H18N6O. The molecular weight excluding hydrogens is 316 g/mol. The van der Waals surface area contributed by atoms with E-state index in [0.29, 0.717) is 23.4 Å². The largest absolute Gasteiger partial charge is 0.370 e. The maximum absolute atomic E-state index is 9.71. The number of rotatable bonds is 3. The van der Waals surface area contributed by atoms with Gasteiger partial charge in [-0.2, -0.15) is 5.26 Å². The lowest BCUT2D eigenvalue weighted by molar-refractivity contribution is -0.0399. The van der Waals surface area contributed by atoms with Gasteiger partial charge in [-0.05, 0) is 49.1 Å². The third-order valence-corrected chi connectivity index (χ3v) is 4.17. The molecule has 0 radical (unpaired) electrons. The van der Waals surface area contributed by atoms with E-state index >= 15 is 0 Å². The van der Waals surface area contributed by atoms with Crippen LogP contribution in [0.3, 0.4) is 0 Å². The first kappa shape index (κ1) is 16.8. The molecule has 0 spiro atoms. The zero-order valence-electron chi connectivity index (χ0n) is 14.4. The van der Waals surface area contributed by atoms with E-state index in [4.69, 9.17) is 10.3 Å². The maximum Gasteiger partial charge on any atom is 0.149 e. The first-order valence-corrected chi connectivity index (χ1v) is 7.92. The number of nitrogens with one attached hydrogen (secondary N) is 1. The molecule has 1 aromatic carbocycles. The number of pyridine rings is 1. The van der Waals surface area contributed by atoms with Gasteiger partial charge >= 0.3 is 0 Å². The van der Waals surface area contributed by atoms with Crippen LogP contribution in [-0.4, -0.2) is 10.6 Å². The van der Waals surface area contributed by atoms with Crippen LogP contribution >= 0.6 is 0 Å². The molecule has 1 aliphatic rings. The fraction of sp³-hybridized carbons (Fsp3) is 0.333. The van der Waals surface area contributed by atoms with Crippen molar-refractivity contribution < 1.29 is 4.74 Å². The van der Waals surface area contributed by atoms with E-state index in [1.54, 1.807) is 0 Å². The van der Waals surface area contributed by atoms with E-state index in [0.717, 1.165) is 16.8 Å². The molecule has 0 aliphatic carbocycles. The minimum absolute atomic E-state index is 0.251. The maximum atomic E-state index is 9.71. The van der Waals surface area contributed by atoms with Crippen molar-refractivity contribution in [2.45, 2.75) is 39.4 Å². The summed E-state index contributed by atoms with van der Waals surface area (Å²) in [6.07, 6.45) is 0.546. The van der Waals surface area contributed by atoms with Crippen LogP contribution in [0.1, 0.15) is 36.1 Å². The van der Waals surface area contributed by atoms with Gasteiger partial charge in [-0.15, -0.1) is 0 Å². The van der Waals surface area contributed by atoms with E-state index in [2.05, 4.69) is 26.4 Å². The van der Waals surface area contributed by atoms with Crippen LogP contribution < -0.4 is 5.32 Å². The summed E-state index contributed by atoms with van der Waals surface area (Å²) in [5.74, 6) is 0.645. The number of aryl methyl sites for hydroxylation is 1. The fourth-order valence-corrected chi connectivity index (χ4v) is 2.86. The summed E-state index contributed by atoms with van der Waals surface area (Å²) in [4.78, 5) is 7.24. The van der Waals surface area contributed by atoms with Gasteiger partial charge < -0.3 is 10.1 Å². The van der Waals surface area contributed by atoms with Gasteiger partial charge in [0.1, 0.15) is 17.7 Å². The lowest BCUT2D eigenvalue weighted by Gasteiger charge is -2.33. The predicted molar refractivity (Wildman–Crippen MR) is 94.8 cm³/mol. The molecule has 1 N–H and O–H groups in total. The number of benzene rings is 1. The van der Waals surface area contributed by atoms with Gasteiger partial charge in [0.2, 0.25) is 0 Å². The number of fused-ring (bicyclic) bond motifs is 1. The molecule has 0 unspecified atom stereocenters. The van der Waals surface area contributed by atoms with Gasteiger partial charge in [-0.1, -0.05) is 17.7 Å². The molecule has 126 valence electrons. The molecule has 3 rings (SSSR count). The Kier molecular flexibility index (Phi) is 4.32. The van der Waals surface area contributed by atoms with Crippen LogP contribution in [0, 0.1) is 18.3 Å².